The van der Waals surface area contributed by atoms with Gasteiger partial charge < -0.3 is 0 Å². The number of thiophene rings is 1. The topological polar surface area (TPSA) is 102 Å². The molecule has 3 aromatic rings. The summed E-state index contributed by atoms with van der Waals surface area (Å²) in [6, 6.07) is 5.96. The standard InChI is InChI=1S/C18H16N4O3S2/c1-9(2)21-17(23)15-10(3)11(4)26-16(15)20-18(21)27-14-6-5-13(22(24)25)7-12(14)8-19/h5-7,9H,1-4H3. The van der Waals surface area contributed by atoms with Crippen LogP contribution in [0.5, 0.6) is 0 Å². The van der Waals surface area contributed by atoms with Gasteiger partial charge in [-0.1, -0.05) is 11.8 Å². The van der Waals surface area contributed by atoms with Gasteiger partial charge in [-0.3, -0.25) is 19.5 Å². The fraction of sp³-hybridized carbons (Fsp3) is 0.278. The van der Waals surface area contributed by atoms with Crippen molar-refractivity contribution in [3.8, 4) is 6.07 Å². The quantitative estimate of drug-likeness (QED) is 0.361. The molecule has 0 atom stereocenters. The van der Waals surface area contributed by atoms with E-state index in [1.54, 1.807) is 4.57 Å². The molecular weight excluding hydrogens is 384 g/mol. The molecule has 0 amide bonds. The van der Waals surface area contributed by atoms with Crippen LogP contribution in [0.1, 0.15) is 35.9 Å². The van der Waals surface area contributed by atoms with Gasteiger partial charge in [0.2, 0.25) is 0 Å². The van der Waals surface area contributed by atoms with Crippen molar-refractivity contribution < 1.29 is 4.92 Å². The van der Waals surface area contributed by atoms with Crippen LogP contribution < -0.4 is 5.56 Å². The highest BCUT2D eigenvalue weighted by atomic mass is 32.2. The first-order valence-electron chi connectivity index (χ1n) is 8.13. The molecule has 0 unspecified atom stereocenters. The van der Waals surface area contributed by atoms with Crippen molar-refractivity contribution in [2.45, 2.75) is 43.8 Å². The molecule has 0 aliphatic carbocycles. The SMILES string of the molecule is Cc1sc2nc(Sc3ccc([N+](=O)[O-])cc3C#N)n(C(C)C)c(=O)c2c1C. The Morgan fingerprint density at radius 3 is 2.67 bits per heavy atom. The van der Waals surface area contributed by atoms with E-state index in [0.29, 0.717) is 20.3 Å². The van der Waals surface area contributed by atoms with E-state index in [9.17, 15) is 20.2 Å². The Kier molecular flexibility index (Phi) is 5.04. The van der Waals surface area contributed by atoms with Gasteiger partial charge in [0.15, 0.2) is 5.16 Å². The van der Waals surface area contributed by atoms with Crippen LogP contribution in [-0.2, 0) is 0 Å². The zero-order chi connectivity index (χ0) is 19.9. The van der Waals surface area contributed by atoms with Crippen LogP contribution in [0.4, 0.5) is 5.69 Å². The summed E-state index contributed by atoms with van der Waals surface area (Å²) >= 11 is 2.63. The molecule has 0 saturated carbocycles. The summed E-state index contributed by atoms with van der Waals surface area (Å²) in [5, 5.41) is 21.4. The summed E-state index contributed by atoms with van der Waals surface area (Å²) in [6.07, 6.45) is 0. The number of non-ortho nitro benzene ring substituents is 1. The third kappa shape index (κ3) is 3.34. The molecule has 2 heterocycles. The predicted molar refractivity (Wildman–Crippen MR) is 106 cm³/mol. The number of nitro benzene ring substituents is 1. The lowest BCUT2D eigenvalue weighted by molar-refractivity contribution is -0.384. The maximum Gasteiger partial charge on any atom is 0.270 e. The highest BCUT2D eigenvalue weighted by molar-refractivity contribution is 7.99. The van der Waals surface area contributed by atoms with Crippen LogP contribution in [0.25, 0.3) is 10.2 Å². The van der Waals surface area contributed by atoms with E-state index in [1.165, 1.54) is 41.3 Å². The molecule has 0 fully saturated rings. The monoisotopic (exact) mass is 400 g/mol. The van der Waals surface area contributed by atoms with Crippen molar-refractivity contribution in [2.24, 2.45) is 0 Å². The number of nitrogens with zero attached hydrogens (tertiary/aromatic N) is 4. The second kappa shape index (κ2) is 7.13. The van der Waals surface area contributed by atoms with E-state index >= 15 is 0 Å². The molecule has 0 aliphatic rings. The fourth-order valence-corrected chi connectivity index (χ4v) is 4.88. The van der Waals surface area contributed by atoms with Crippen molar-refractivity contribution in [1.82, 2.24) is 9.55 Å². The average molecular weight is 400 g/mol. The number of aryl methyl sites for hydroxylation is 2. The molecule has 0 saturated heterocycles. The predicted octanol–water partition coefficient (Wildman–Crippen LogP) is 4.59. The zero-order valence-electron chi connectivity index (χ0n) is 15.1. The van der Waals surface area contributed by atoms with Crippen molar-refractivity contribution in [1.29, 1.82) is 5.26 Å². The van der Waals surface area contributed by atoms with Crippen LogP contribution >= 0.6 is 23.1 Å². The van der Waals surface area contributed by atoms with Gasteiger partial charge in [0.05, 0.1) is 15.9 Å². The molecule has 7 nitrogen and oxygen atoms in total. The first kappa shape index (κ1) is 19.1. The molecule has 27 heavy (non-hydrogen) atoms. The van der Waals surface area contributed by atoms with Gasteiger partial charge in [-0.2, -0.15) is 5.26 Å². The summed E-state index contributed by atoms with van der Waals surface area (Å²) < 4.78 is 1.61. The van der Waals surface area contributed by atoms with E-state index in [4.69, 9.17) is 0 Å². The summed E-state index contributed by atoms with van der Waals surface area (Å²) in [5.41, 5.74) is 0.855. The molecule has 0 N–H and O–H groups in total. The Morgan fingerprint density at radius 2 is 2.07 bits per heavy atom. The first-order chi connectivity index (χ1) is 12.7. The number of nitro groups is 1. The minimum Gasteiger partial charge on any atom is -0.284 e. The van der Waals surface area contributed by atoms with E-state index in [-0.39, 0.29) is 22.9 Å². The smallest absolute Gasteiger partial charge is 0.270 e. The number of benzene rings is 1. The van der Waals surface area contributed by atoms with Gasteiger partial charge in [-0.15, -0.1) is 11.3 Å². The van der Waals surface area contributed by atoms with E-state index < -0.39 is 4.92 Å². The largest absolute Gasteiger partial charge is 0.284 e. The zero-order valence-corrected chi connectivity index (χ0v) is 16.8. The Hall–Kier alpha value is -2.70. The number of rotatable bonds is 4. The molecular formula is C18H16N4O3S2. The molecule has 138 valence electrons. The summed E-state index contributed by atoms with van der Waals surface area (Å²) in [7, 11) is 0. The highest BCUT2D eigenvalue weighted by Crippen LogP contribution is 2.34. The Labute approximate surface area is 163 Å². The summed E-state index contributed by atoms with van der Waals surface area (Å²) in [5.74, 6) is 0. The van der Waals surface area contributed by atoms with Crippen molar-refractivity contribution in [3.63, 3.8) is 0 Å². The number of hydrogen-bond donors (Lipinski definition) is 0. The molecule has 1 aromatic carbocycles. The van der Waals surface area contributed by atoms with Crippen molar-refractivity contribution in [3.05, 3.63) is 54.7 Å². The lowest BCUT2D eigenvalue weighted by atomic mass is 10.2. The van der Waals surface area contributed by atoms with Gasteiger partial charge >= 0.3 is 0 Å². The molecule has 0 radical (unpaired) electrons. The van der Waals surface area contributed by atoms with E-state index in [0.717, 1.165) is 10.4 Å². The third-order valence-electron chi connectivity index (χ3n) is 4.21. The van der Waals surface area contributed by atoms with Crippen LogP contribution in [0.3, 0.4) is 0 Å². The number of aromatic nitrogens is 2. The Bertz CT molecular complexity index is 1170. The lowest BCUT2D eigenvalue weighted by Crippen LogP contribution is -2.24. The second-order valence-electron chi connectivity index (χ2n) is 6.28. The van der Waals surface area contributed by atoms with Crippen molar-refractivity contribution in [2.75, 3.05) is 0 Å². The molecule has 3 rings (SSSR count). The van der Waals surface area contributed by atoms with Crippen LogP contribution in [0, 0.1) is 35.3 Å². The normalized spacial score (nSPS) is 11.1. The first-order valence-corrected chi connectivity index (χ1v) is 9.76. The van der Waals surface area contributed by atoms with E-state index in [2.05, 4.69) is 4.98 Å². The fourth-order valence-electron chi connectivity index (χ4n) is 2.72. The minimum absolute atomic E-state index is 0.111. The van der Waals surface area contributed by atoms with Gasteiger partial charge in [-0.05, 0) is 39.3 Å². The van der Waals surface area contributed by atoms with Gasteiger partial charge in [0, 0.05) is 27.9 Å². The highest BCUT2D eigenvalue weighted by Gasteiger charge is 2.20. The van der Waals surface area contributed by atoms with Gasteiger partial charge in [-0.25, -0.2) is 4.98 Å². The molecule has 2 aromatic heterocycles. The molecule has 0 bridgehead atoms. The number of hydrogen-bond acceptors (Lipinski definition) is 7. The molecule has 0 aliphatic heterocycles. The number of nitriles is 1. The third-order valence-corrected chi connectivity index (χ3v) is 6.36. The van der Waals surface area contributed by atoms with Crippen LogP contribution in [-0.4, -0.2) is 14.5 Å². The molecule has 0 spiro atoms. The van der Waals surface area contributed by atoms with Gasteiger partial charge in [0.1, 0.15) is 10.9 Å². The van der Waals surface area contributed by atoms with Gasteiger partial charge in [0.25, 0.3) is 11.2 Å². The Morgan fingerprint density at radius 1 is 1.37 bits per heavy atom. The average Bonchev–Trinajstić information content (AvgIpc) is 2.89. The number of fused-ring (bicyclic) bond motifs is 1. The molecule has 9 heteroatoms. The van der Waals surface area contributed by atoms with Crippen molar-refractivity contribution >= 4 is 39.0 Å². The maximum absolute atomic E-state index is 13.1. The van der Waals surface area contributed by atoms with E-state index in [1.807, 2.05) is 33.8 Å². The summed E-state index contributed by atoms with van der Waals surface area (Å²) in [4.78, 5) is 30.4. The lowest BCUT2D eigenvalue weighted by Gasteiger charge is -2.15. The minimum atomic E-state index is -0.541. The van der Waals surface area contributed by atoms with Crippen LogP contribution in [0.15, 0.2) is 33.0 Å². The Balaban J connectivity index is 2.21. The van der Waals surface area contributed by atoms with Crippen LogP contribution in [0.2, 0.25) is 0 Å². The second-order valence-corrected chi connectivity index (χ2v) is 8.49. The summed E-state index contributed by atoms with van der Waals surface area (Å²) in [6.45, 7) is 7.67. The maximum atomic E-state index is 13.1.